The van der Waals surface area contributed by atoms with Gasteiger partial charge in [0.1, 0.15) is 0 Å². The topological polar surface area (TPSA) is 32.3 Å². The van der Waals surface area contributed by atoms with E-state index in [0.717, 1.165) is 31.5 Å². The Bertz CT molecular complexity index is 421. The van der Waals surface area contributed by atoms with Crippen LogP contribution >= 0.6 is 0 Å². The molecule has 1 atom stereocenters. The maximum atomic E-state index is 12.1. The van der Waals surface area contributed by atoms with Crippen molar-refractivity contribution in [2.75, 3.05) is 18.0 Å². The maximum Gasteiger partial charge on any atom is 0.251 e. The van der Waals surface area contributed by atoms with Crippen molar-refractivity contribution in [2.45, 2.75) is 52.0 Å². The predicted molar refractivity (Wildman–Crippen MR) is 84.3 cm³/mol. The second-order valence-electron chi connectivity index (χ2n) is 5.76. The highest BCUT2D eigenvalue weighted by Crippen LogP contribution is 2.20. The van der Waals surface area contributed by atoms with Gasteiger partial charge in [-0.05, 0) is 56.9 Å². The largest absolute Gasteiger partial charge is 0.372 e. The molecule has 0 saturated carbocycles. The summed E-state index contributed by atoms with van der Waals surface area (Å²) in [5.74, 6) is 0.0381. The lowest BCUT2D eigenvalue weighted by atomic mass is 10.1. The quantitative estimate of drug-likeness (QED) is 0.890. The molecule has 0 spiro atoms. The number of nitrogens with zero attached hydrogens (tertiary/aromatic N) is 1. The minimum atomic E-state index is 0.0381. The fourth-order valence-electron chi connectivity index (χ4n) is 2.79. The van der Waals surface area contributed by atoms with E-state index in [0.29, 0.717) is 0 Å². The monoisotopic (exact) mass is 274 g/mol. The van der Waals surface area contributed by atoms with E-state index in [4.69, 9.17) is 0 Å². The highest BCUT2D eigenvalue weighted by atomic mass is 16.1. The molecule has 0 bridgehead atoms. The standard InChI is InChI=1S/C17H26N2O/c1-3-7-14(2)18-17(20)15-8-10-16(11-9-15)19-12-5-4-6-13-19/h8-11,14H,3-7,12-13H2,1-2H3,(H,18,20)/t14-/m0/s1. The Labute approximate surface area is 122 Å². The highest BCUT2D eigenvalue weighted by Gasteiger charge is 2.12. The number of piperidine rings is 1. The third kappa shape index (κ3) is 3.99. The molecule has 1 aromatic rings. The second-order valence-corrected chi connectivity index (χ2v) is 5.76. The van der Waals surface area contributed by atoms with E-state index in [-0.39, 0.29) is 11.9 Å². The van der Waals surface area contributed by atoms with Crippen LogP contribution in [-0.4, -0.2) is 25.0 Å². The van der Waals surface area contributed by atoms with Crippen LogP contribution in [0.2, 0.25) is 0 Å². The molecule has 0 unspecified atom stereocenters. The summed E-state index contributed by atoms with van der Waals surface area (Å²) in [6, 6.07) is 8.28. The van der Waals surface area contributed by atoms with Crippen molar-refractivity contribution in [3.05, 3.63) is 29.8 Å². The van der Waals surface area contributed by atoms with Crippen molar-refractivity contribution < 1.29 is 4.79 Å². The van der Waals surface area contributed by atoms with Gasteiger partial charge in [-0.2, -0.15) is 0 Å². The number of carbonyl (C=O) groups is 1. The molecule has 1 aliphatic heterocycles. The molecule has 1 heterocycles. The zero-order valence-corrected chi connectivity index (χ0v) is 12.7. The lowest BCUT2D eigenvalue weighted by Gasteiger charge is -2.28. The van der Waals surface area contributed by atoms with Gasteiger partial charge in [-0.15, -0.1) is 0 Å². The first-order valence-corrected chi connectivity index (χ1v) is 7.86. The summed E-state index contributed by atoms with van der Waals surface area (Å²) >= 11 is 0. The molecule has 1 amide bonds. The molecule has 1 aliphatic rings. The van der Waals surface area contributed by atoms with Gasteiger partial charge in [-0.1, -0.05) is 13.3 Å². The minimum absolute atomic E-state index is 0.0381. The van der Waals surface area contributed by atoms with E-state index in [1.54, 1.807) is 0 Å². The van der Waals surface area contributed by atoms with Gasteiger partial charge < -0.3 is 10.2 Å². The number of rotatable bonds is 5. The van der Waals surface area contributed by atoms with Crippen molar-refractivity contribution in [3.8, 4) is 0 Å². The smallest absolute Gasteiger partial charge is 0.251 e. The van der Waals surface area contributed by atoms with E-state index < -0.39 is 0 Å². The lowest BCUT2D eigenvalue weighted by molar-refractivity contribution is 0.0938. The van der Waals surface area contributed by atoms with Crippen LogP contribution in [0.4, 0.5) is 5.69 Å². The zero-order chi connectivity index (χ0) is 14.4. The number of carbonyl (C=O) groups excluding carboxylic acids is 1. The van der Waals surface area contributed by atoms with Gasteiger partial charge in [0.25, 0.3) is 5.91 Å². The molecule has 1 fully saturated rings. The van der Waals surface area contributed by atoms with Gasteiger partial charge in [0, 0.05) is 30.4 Å². The van der Waals surface area contributed by atoms with Gasteiger partial charge in [-0.25, -0.2) is 0 Å². The Morgan fingerprint density at radius 3 is 2.45 bits per heavy atom. The molecule has 2 rings (SSSR count). The second kappa shape index (κ2) is 7.32. The molecular weight excluding hydrogens is 248 g/mol. The summed E-state index contributed by atoms with van der Waals surface area (Å²) < 4.78 is 0. The van der Waals surface area contributed by atoms with Gasteiger partial charge >= 0.3 is 0 Å². The molecule has 3 nitrogen and oxygen atoms in total. The molecule has 1 aromatic carbocycles. The van der Waals surface area contributed by atoms with E-state index in [2.05, 4.69) is 36.2 Å². The average molecular weight is 274 g/mol. The third-order valence-electron chi connectivity index (χ3n) is 3.95. The van der Waals surface area contributed by atoms with Crippen molar-refractivity contribution in [1.29, 1.82) is 0 Å². The van der Waals surface area contributed by atoms with Gasteiger partial charge in [-0.3, -0.25) is 4.79 Å². The van der Waals surface area contributed by atoms with Gasteiger partial charge in [0.15, 0.2) is 0 Å². The maximum absolute atomic E-state index is 12.1. The number of hydrogen-bond acceptors (Lipinski definition) is 2. The first-order chi connectivity index (χ1) is 9.70. The Hall–Kier alpha value is -1.51. The Balaban J connectivity index is 1.95. The van der Waals surface area contributed by atoms with E-state index >= 15 is 0 Å². The minimum Gasteiger partial charge on any atom is -0.372 e. The fraction of sp³-hybridized carbons (Fsp3) is 0.588. The summed E-state index contributed by atoms with van der Waals surface area (Å²) in [6.45, 7) is 6.47. The van der Waals surface area contributed by atoms with E-state index in [1.165, 1.54) is 24.9 Å². The first kappa shape index (κ1) is 14.9. The molecule has 3 heteroatoms. The molecule has 20 heavy (non-hydrogen) atoms. The normalized spacial score (nSPS) is 16.8. The summed E-state index contributed by atoms with van der Waals surface area (Å²) in [4.78, 5) is 14.5. The van der Waals surface area contributed by atoms with Crippen LogP contribution in [0.5, 0.6) is 0 Å². The number of anilines is 1. The van der Waals surface area contributed by atoms with Crippen LogP contribution in [-0.2, 0) is 0 Å². The van der Waals surface area contributed by atoms with Gasteiger partial charge in [0.05, 0.1) is 0 Å². The SMILES string of the molecule is CCC[C@H](C)NC(=O)c1ccc(N2CCCCC2)cc1. The molecule has 0 aliphatic carbocycles. The molecule has 1 saturated heterocycles. The van der Waals surface area contributed by atoms with E-state index in [1.807, 2.05) is 12.1 Å². The van der Waals surface area contributed by atoms with Crippen LogP contribution in [0.1, 0.15) is 56.3 Å². The van der Waals surface area contributed by atoms with Gasteiger partial charge in [0.2, 0.25) is 0 Å². The molecule has 0 aromatic heterocycles. The number of benzene rings is 1. The van der Waals surface area contributed by atoms with Crippen molar-refractivity contribution in [2.24, 2.45) is 0 Å². The average Bonchev–Trinajstić information content (AvgIpc) is 2.48. The van der Waals surface area contributed by atoms with Crippen LogP contribution in [0.3, 0.4) is 0 Å². The Morgan fingerprint density at radius 2 is 1.85 bits per heavy atom. The third-order valence-corrected chi connectivity index (χ3v) is 3.95. The van der Waals surface area contributed by atoms with E-state index in [9.17, 15) is 4.79 Å². The van der Waals surface area contributed by atoms with Crippen molar-refractivity contribution in [3.63, 3.8) is 0 Å². The number of hydrogen-bond donors (Lipinski definition) is 1. The Morgan fingerprint density at radius 1 is 1.20 bits per heavy atom. The molecular formula is C17H26N2O. The van der Waals surface area contributed by atoms with Crippen LogP contribution in [0.15, 0.2) is 24.3 Å². The first-order valence-electron chi connectivity index (χ1n) is 7.86. The van der Waals surface area contributed by atoms with Crippen molar-refractivity contribution in [1.82, 2.24) is 5.32 Å². The fourth-order valence-corrected chi connectivity index (χ4v) is 2.79. The van der Waals surface area contributed by atoms with Crippen molar-refractivity contribution >= 4 is 11.6 Å². The van der Waals surface area contributed by atoms with Crippen LogP contribution < -0.4 is 10.2 Å². The highest BCUT2D eigenvalue weighted by molar-refractivity contribution is 5.94. The summed E-state index contributed by atoms with van der Waals surface area (Å²) in [7, 11) is 0. The summed E-state index contributed by atoms with van der Waals surface area (Å²) in [5.41, 5.74) is 2.00. The number of amides is 1. The van der Waals surface area contributed by atoms with Crippen LogP contribution in [0.25, 0.3) is 0 Å². The van der Waals surface area contributed by atoms with Crippen LogP contribution in [0, 0.1) is 0 Å². The Kier molecular flexibility index (Phi) is 5.45. The lowest BCUT2D eigenvalue weighted by Crippen LogP contribution is -2.32. The molecule has 110 valence electrons. The number of nitrogens with one attached hydrogen (secondary N) is 1. The zero-order valence-electron chi connectivity index (χ0n) is 12.7. The summed E-state index contributed by atoms with van der Waals surface area (Å²) in [6.07, 6.45) is 6.01. The summed E-state index contributed by atoms with van der Waals surface area (Å²) in [5, 5.41) is 3.04. The predicted octanol–water partition coefficient (Wildman–Crippen LogP) is 3.60. The molecule has 0 radical (unpaired) electrons. The molecule has 1 N–H and O–H groups in total.